The Balaban J connectivity index is 1.45. The Bertz CT molecular complexity index is 866. The van der Waals surface area contributed by atoms with Gasteiger partial charge >= 0.3 is 0 Å². The zero-order valence-corrected chi connectivity index (χ0v) is 17.0. The molecule has 3 rings (SSSR count). The zero-order valence-electron chi connectivity index (χ0n) is 16.1. The summed E-state index contributed by atoms with van der Waals surface area (Å²) >= 11 is 1.86. The van der Waals surface area contributed by atoms with Gasteiger partial charge in [0.2, 0.25) is 0 Å². The van der Waals surface area contributed by atoms with Crippen molar-refractivity contribution in [2.45, 2.75) is 32.7 Å². The summed E-state index contributed by atoms with van der Waals surface area (Å²) in [6.45, 7) is 5.14. The van der Waals surface area contributed by atoms with Crippen LogP contribution in [0.3, 0.4) is 0 Å². The fourth-order valence-corrected chi connectivity index (χ4v) is 3.93. The molecule has 5 nitrogen and oxygen atoms in total. The van der Waals surface area contributed by atoms with Gasteiger partial charge in [-0.15, -0.1) is 11.3 Å². The van der Waals surface area contributed by atoms with Gasteiger partial charge in [-0.1, -0.05) is 18.2 Å². The molecule has 0 saturated heterocycles. The van der Waals surface area contributed by atoms with E-state index in [0.29, 0.717) is 6.04 Å². The third-order valence-electron chi connectivity index (χ3n) is 4.27. The van der Waals surface area contributed by atoms with Crippen LogP contribution in [0.5, 0.6) is 0 Å². The molecular weight excluding hydrogens is 354 g/mol. The number of benzene rings is 1. The molecule has 1 atom stereocenters. The van der Waals surface area contributed by atoms with E-state index < -0.39 is 0 Å². The van der Waals surface area contributed by atoms with Crippen LogP contribution in [-0.2, 0) is 12.8 Å². The predicted octanol–water partition coefficient (Wildman–Crippen LogP) is 3.58. The molecule has 2 N–H and O–H groups in total. The Kier molecular flexibility index (Phi) is 6.65. The van der Waals surface area contributed by atoms with E-state index in [1.165, 1.54) is 15.3 Å². The molecule has 6 heteroatoms. The predicted molar refractivity (Wildman–Crippen MR) is 114 cm³/mol. The molecule has 0 aliphatic heterocycles. The average Bonchev–Trinajstić information content (AvgIpc) is 3.30. The summed E-state index contributed by atoms with van der Waals surface area (Å²) < 4.78 is 1.91. The van der Waals surface area contributed by atoms with Crippen molar-refractivity contribution in [3.05, 3.63) is 70.2 Å². The molecule has 2 aromatic heterocycles. The van der Waals surface area contributed by atoms with Crippen molar-refractivity contribution in [1.29, 1.82) is 0 Å². The first-order valence-electron chi connectivity index (χ1n) is 9.25. The molecule has 3 aromatic rings. The molecule has 0 aliphatic rings. The maximum Gasteiger partial charge on any atom is 0.191 e. The molecule has 0 amide bonds. The first-order chi connectivity index (χ1) is 13.1. The number of aromatic nitrogens is 2. The van der Waals surface area contributed by atoms with Crippen molar-refractivity contribution in [3.63, 3.8) is 0 Å². The molecule has 0 saturated carbocycles. The largest absolute Gasteiger partial charge is 0.356 e. The second-order valence-electron chi connectivity index (χ2n) is 6.64. The molecule has 1 unspecified atom stereocenters. The van der Waals surface area contributed by atoms with Crippen molar-refractivity contribution in [2.75, 3.05) is 13.6 Å². The Morgan fingerprint density at radius 1 is 1.22 bits per heavy atom. The fourth-order valence-electron chi connectivity index (χ4n) is 2.91. The quantitative estimate of drug-likeness (QED) is 0.486. The number of hydrogen-bond acceptors (Lipinski definition) is 3. The number of nitrogens with one attached hydrogen (secondary N) is 2. The number of aryl methyl sites for hydroxylation is 1. The van der Waals surface area contributed by atoms with E-state index in [9.17, 15) is 0 Å². The summed E-state index contributed by atoms with van der Waals surface area (Å²) in [4.78, 5) is 7.09. The highest BCUT2D eigenvalue weighted by Crippen LogP contribution is 2.16. The standard InChI is InChI=1S/C21H27N5S/c1-16(13-20-10-9-17(2)27-20)25-21(22-3)23-12-11-18-14-24-26(15-18)19-7-5-4-6-8-19/h4-10,14-16H,11-13H2,1-3H3,(H2,22,23,25). The molecule has 0 bridgehead atoms. The van der Waals surface area contributed by atoms with Crippen LogP contribution in [0.25, 0.3) is 5.69 Å². The summed E-state index contributed by atoms with van der Waals surface area (Å²) in [5.41, 5.74) is 2.27. The summed E-state index contributed by atoms with van der Waals surface area (Å²) in [5, 5.41) is 11.3. The van der Waals surface area contributed by atoms with Gasteiger partial charge < -0.3 is 10.6 Å². The number of hydrogen-bond donors (Lipinski definition) is 2. The SMILES string of the molecule is CN=C(NCCc1cnn(-c2ccccc2)c1)NC(C)Cc1ccc(C)s1. The lowest BCUT2D eigenvalue weighted by Gasteiger charge is -2.17. The third kappa shape index (κ3) is 5.69. The first-order valence-corrected chi connectivity index (χ1v) is 10.1. The van der Waals surface area contributed by atoms with E-state index in [-0.39, 0.29) is 0 Å². The minimum atomic E-state index is 0.329. The van der Waals surface area contributed by atoms with Gasteiger partial charge in [0.1, 0.15) is 0 Å². The average molecular weight is 382 g/mol. The third-order valence-corrected chi connectivity index (χ3v) is 5.30. The molecule has 0 fully saturated rings. The minimum Gasteiger partial charge on any atom is -0.356 e. The maximum atomic E-state index is 4.45. The van der Waals surface area contributed by atoms with Gasteiger partial charge in [-0.05, 0) is 50.1 Å². The fraction of sp³-hybridized carbons (Fsp3) is 0.333. The van der Waals surface area contributed by atoms with Crippen LogP contribution in [0.4, 0.5) is 0 Å². The van der Waals surface area contributed by atoms with E-state index in [4.69, 9.17) is 0 Å². The van der Waals surface area contributed by atoms with Crippen LogP contribution in [0, 0.1) is 6.92 Å². The second-order valence-corrected chi connectivity index (χ2v) is 8.01. The van der Waals surface area contributed by atoms with Gasteiger partial charge in [0.15, 0.2) is 5.96 Å². The number of rotatable bonds is 7. The lowest BCUT2D eigenvalue weighted by atomic mass is 10.2. The van der Waals surface area contributed by atoms with Crippen LogP contribution >= 0.6 is 11.3 Å². The zero-order chi connectivity index (χ0) is 19.1. The number of thiophene rings is 1. The highest BCUT2D eigenvalue weighted by Gasteiger charge is 2.08. The lowest BCUT2D eigenvalue weighted by molar-refractivity contribution is 0.644. The Labute approximate surface area is 165 Å². The van der Waals surface area contributed by atoms with Gasteiger partial charge in [-0.25, -0.2) is 4.68 Å². The molecule has 142 valence electrons. The van der Waals surface area contributed by atoms with Crippen LogP contribution in [0.2, 0.25) is 0 Å². The Hall–Kier alpha value is -2.60. The first kappa shape index (κ1) is 19.2. The van der Waals surface area contributed by atoms with Gasteiger partial charge in [0.25, 0.3) is 0 Å². The molecule has 0 radical (unpaired) electrons. The Morgan fingerprint density at radius 2 is 2.04 bits per heavy atom. The van der Waals surface area contributed by atoms with Gasteiger partial charge in [-0.2, -0.15) is 5.10 Å². The van der Waals surface area contributed by atoms with E-state index in [1.807, 2.05) is 47.5 Å². The smallest absolute Gasteiger partial charge is 0.191 e. The highest BCUT2D eigenvalue weighted by molar-refractivity contribution is 7.11. The van der Waals surface area contributed by atoms with Crippen molar-refractivity contribution in [3.8, 4) is 5.69 Å². The molecule has 2 heterocycles. The molecule has 0 spiro atoms. The summed E-state index contributed by atoms with van der Waals surface area (Å²) in [7, 11) is 1.81. The van der Waals surface area contributed by atoms with Crippen molar-refractivity contribution in [1.82, 2.24) is 20.4 Å². The summed E-state index contributed by atoms with van der Waals surface area (Å²) in [6, 6.07) is 14.9. The monoisotopic (exact) mass is 381 g/mol. The maximum absolute atomic E-state index is 4.45. The highest BCUT2D eigenvalue weighted by atomic mass is 32.1. The van der Waals surface area contributed by atoms with Gasteiger partial charge in [0, 0.05) is 42.0 Å². The number of aliphatic imine (C=N–C) groups is 1. The van der Waals surface area contributed by atoms with E-state index in [0.717, 1.165) is 31.0 Å². The number of guanidine groups is 1. The van der Waals surface area contributed by atoms with Gasteiger partial charge in [-0.3, -0.25) is 4.99 Å². The normalized spacial score (nSPS) is 12.8. The van der Waals surface area contributed by atoms with Crippen LogP contribution in [-0.4, -0.2) is 35.4 Å². The summed E-state index contributed by atoms with van der Waals surface area (Å²) in [6.07, 6.45) is 5.90. The Morgan fingerprint density at radius 3 is 2.74 bits per heavy atom. The summed E-state index contributed by atoms with van der Waals surface area (Å²) in [5.74, 6) is 0.839. The van der Waals surface area contributed by atoms with Crippen molar-refractivity contribution >= 4 is 17.3 Å². The molecule has 0 aliphatic carbocycles. The van der Waals surface area contributed by atoms with Crippen molar-refractivity contribution in [2.24, 2.45) is 4.99 Å². The second kappa shape index (κ2) is 9.37. The van der Waals surface area contributed by atoms with E-state index in [2.05, 4.69) is 65.0 Å². The molecule has 1 aromatic carbocycles. The van der Waals surface area contributed by atoms with E-state index >= 15 is 0 Å². The lowest BCUT2D eigenvalue weighted by Crippen LogP contribution is -2.43. The number of nitrogens with zero attached hydrogens (tertiary/aromatic N) is 3. The molecule has 27 heavy (non-hydrogen) atoms. The van der Waals surface area contributed by atoms with Crippen LogP contribution in [0.15, 0.2) is 59.9 Å². The van der Waals surface area contributed by atoms with Crippen molar-refractivity contribution < 1.29 is 0 Å². The molecular formula is C21H27N5S. The van der Waals surface area contributed by atoms with Gasteiger partial charge in [0.05, 0.1) is 11.9 Å². The topological polar surface area (TPSA) is 54.2 Å². The van der Waals surface area contributed by atoms with Crippen LogP contribution < -0.4 is 10.6 Å². The van der Waals surface area contributed by atoms with E-state index in [1.54, 1.807) is 0 Å². The number of para-hydroxylation sites is 1. The minimum absolute atomic E-state index is 0.329. The van der Waals surface area contributed by atoms with Crippen LogP contribution in [0.1, 0.15) is 22.2 Å².